The van der Waals surface area contributed by atoms with Crippen molar-refractivity contribution in [3.63, 3.8) is 0 Å². The van der Waals surface area contributed by atoms with Gasteiger partial charge in [0.1, 0.15) is 0 Å². The lowest BCUT2D eigenvalue weighted by molar-refractivity contribution is -0.116. The van der Waals surface area contributed by atoms with Crippen LogP contribution < -0.4 is 5.32 Å². The monoisotopic (exact) mass is 298 g/mol. The number of β-amino-alcohol motifs (C(OH)–C–C–N with tert-alkyl or cyclic N) is 1. The fourth-order valence-corrected chi connectivity index (χ4v) is 3.04. The van der Waals surface area contributed by atoms with Crippen molar-refractivity contribution in [2.75, 3.05) is 25.0 Å². The van der Waals surface area contributed by atoms with Gasteiger partial charge in [-0.2, -0.15) is 0 Å². The van der Waals surface area contributed by atoms with Crippen LogP contribution in [0.5, 0.6) is 0 Å². The summed E-state index contributed by atoms with van der Waals surface area (Å²) in [6.07, 6.45) is 2.09. The number of benzene rings is 2. The van der Waals surface area contributed by atoms with Crippen molar-refractivity contribution in [2.45, 2.75) is 25.4 Å². The van der Waals surface area contributed by atoms with Gasteiger partial charge in [-0.1, -0.05) is 36.4 Å². The molecule has 1 heterocycles. The molecule has 2 aromatic carbocycles. The number of nitrogens with one attached hydrogen (secondary N) is 1. The van der Waals surface area contributed by atoms with E-state index in [1.807, 2.05) is 42.5 Å². The number of hydrogen-bond acceptors (Lipinski definition) is 3. The van der Waals surface area contributed by atoms with Crippen LogP contribution in [0.3, 0.4) is 0 Å². The van der Waals surface area contributed by atoms with Gasteiger partial charge in [-0.05, 0) is 30.8 Å². The van der Waals surface area contributed by atoms with E-state index in [2.05, 4.69) is 10.2 Å². The van der Waals surface area contributed by atoms with Crippen LogP contribution in [-0.2, 0) is 4.79 Å². The summed E-state index contributed by atoms with van der Waals surface area (Å²) < 4.78 is 0. The van der Waals surface area contributed by atoms with E-state index in [0.29, 0.717) is 19.5 Å². The van der Waals surface area contributed by atoms with E-state index in [-0.39, 0.29) is 12.0 Å². The van der Waals surface area contributed by atoms with Gasteiger partial charge in [0.15, 0.2) is 0 Å². The average molecular weight is 298 g/mol. The van der Waals surface area contributed by atoms with E-state index in [1.165, 1.54) is 0 Å². The van der Waals surface area contributed by atoms with Gasteiger partial charge in [-0.3, -0.25) is 4.79 Å². The van der Waals surface area contributed by atoms with E-state index < -0.39 is 0 Å². The van der Waals surface area contributed by atoms with Crippen molar-refractivity contribution in [3.05, 3.63) is 42.5 Å². The molecule has 1 atom stereocenters. The Kier molecular flexibility index (Phi) is 4.71. The summed E-state index contributed by atoms with van der Waals surface area (Å²) in [7, 11) is 0. The number of amides is 1. The number of anilines is 1. The molecule has 1 aliphatic rings. The van der Waals surface area contributed by atoms with Gasteiger partial charge in [0.25, 0.3) is 0 Å². The number of rotatable bonds is 4. The third-order valence-corrected chi connectivity index (χ3v) is 4.20. The first-order chi connectivity index (χ1) is 10.7. The molecule has 0 aromatic heterocycles. The molecule has 0 saturated carbocycles. The molecule has 1 amide bonds. The van der Waals surface area contributed by atoms with E-state index in [9.17, 15) is 9.90 Å². The molecule has 0 aliphatic carbocycles. The van der Waals surface area contributed by atoms with Crippen LogP contribution in [0.15, 0.2) is 42.5 Å². The lowest BCUT2D eigenvalue weighted by atomic mass is 10.1. The number of carbonyl (C=O) groups excluding carboxylic acids is 1. The van der Waals surface area contributed by atoms with Crippen molar-refractivity contribution in [3.8, 4) is 0 Å². The molecule has 1 unspecified atom stereocenters. The molecule has 0 radical (unpaired) electrons. The van der Waals surface area contributed by atoms with Crippen molar-refractivity contribution in [1.82, 2.24) is 4.90 Å². The van der Waals surface area contributed by atoms with Crippen LogP contribution in [0.25, 0.3) is 10.8 Å². The Labute approximate surface area is 130 Å². The summed E-state index contributed by atoms with van der Waals surface area (Å²) >= 11 is 0. The smallest absolute Gasteiger partial charge is 0.225 e. The van der Waals surface area contributed by atoms with Gasteiger partial charge < -0.3 is 15.3 Å². The molecule has 2 N–H and O–H groups in total. The van der Waals surface area contributed by atoms with E-state index >= 15 is 0 Å². The van der Waals surface area contributed by atoms with Crippen LogP contribution in [0, 0.1) is 0 Å². The van der Waals surface area contributed by atoms with Gasteiger partial charge in [-0.15, -0.1) is 0 Å². The minimum absolute atomic E-state index is 0.0245. The first-order valence-electron chi connectivity index (χ1n) is 7.90. The summed E-state index contributed by atoms with van der Waals surface area (Å²) in [6.45, 7) is 2.35. The standard InChI is InChI=1S/C18H22N2O2/c21-15-7-4-11-20(13-15)12-10-18(22)19-17-9-3-6-14-5-1-2-8-16(14)17/h1-3,5-6,8-9,15,21H,4,7,10-13H2,(H,19,22). The summed E-state index contributed by atoms with van der Waals surface area (Å²) in [4.78, 5) is 14.3. The largest absolute Gasteiger partial charge is 0.392 e. The Morgan fingerprint density at radius 3 is 2.91 bits per heavy atom. The molecular formula is C18H22N2O2. The lowest BCUT2D eigenvalue weighted by Gasteiger charge is -2.29. The van der Waals surface area contributed by atoms with E-state index in [4.69, 9.17) is 0 Å². The van der Waals surface area contributed by atoms with Crippen molar-refractivity contribution < 1.29 is 9.90 Å². The number of fused-ring (bicyclic) bond motifs is 1. The molecule has 116 valence electrons. The van der Waals surface area contributed by atoms with Crippen LogP contribution >= 0.6 is 0 Å². The van der Waals surface area contributed by atoms with Crippen LogP contribution in [0.2, 0.25) is 0 Å². The third-order valence-electron chi connectivity index (χ3n) is 4.20. The molecule has 4 nitrogen and oxygen atoms in total. The normalized spacial score (nSPS) is 19.2. The van der Waals surface area contributed by atoms with Crippen molar-refractivity contribution in [2.24, 2.45) is 0 Å². The highest BCUT2D eigenvalue weighted by molar-refractivity contribution is 6.02. The number of likely N-dealkylation sites (tertiary alicyclic amines) is 1. The molecular weight excluding hydrogens is 276 g/mol. The Morgan fingerprint density at radius 2 is 2.05 bits per heavy atom. The van der Waals surface area contributed by atoms with Crippen LogP contribution in [0.1, 0.15) is 19.3 Å². The summed E-state index contributed by atoms with van der Waals surface area (Å²) in [5.41, 5.74) is 0.863. The second-order valence-electron chi connectivity index (χ2n) is 5.92. The highest BCUT2D eigenvalue weighted by atomic mass is 16.3. The maximum Gasteiger partial charge on any atom is 0.225 e. The van der Waals surface area contributed by atoms with Gasteiger partial charge in [0.2, 0.25) is 5.91 Å². The number of carbonyl (C=O) groups is 1. The molecule has 0 spiro atoms. The SMILES string of the molecule is O=C(CCN1CCCC(O)C1)Nc1cccc2ccccc12. The zero-order valence-corrected chi connectivity index (χ0v) is 12.7. The first-order valence-corrected chi connectivity index (χ1v) is 7.90. The van der Waals surface area contributed by atoms with Gasteiger partial charge in [0.05, 0.1) is 6.10 Å². The molecule has 1 aliphatic heterocycles. The van der Waals surface area contributed by atoms with Crippen molar-refractivity contribution in [1.29, 1.82) is 0 Å². The predicted molar refractivity (Wildman–Crippen MR) is 88.9 cm³/mol. The fourth-order valence-electron chi connectivity index (χ4n) is 3.04. The predicted octanol–water partition coefficient (Wildman–Crippen LogP) is 2.63. The minimum Gasteiger partial charge on any atom is -0.392 e. The Balaban J connectivity index is 1.59. The number of aliphatic hydroxyl groups excluding tert-OH is 1. The summed E-state index contributed by atoms with van der Waals surface area (Å²) in [5.74, 6) is 0.0245. The highest BCUT2D eigenvalue weighted by Gasteiger charge is 2.18. The number of aliphatic hydroxyl groups is 1. The van der Waals surface area contributed by atoms with Crippen LogP contribution in [-0.4, -0.2) is 41.7 Å². The quantitative estimate of drug-likeness (QED) is 0.912. The number of hydrogen-bond donors (Lipinski definition) is 2. The van der Waals surface area contributed by atoms with E-state index in [0.717, 1.165) is 35.8 Å². The Morgan fingerprint density at radius 1 is 1.23 bits per heavy atom. The fraction of sp³-hybridized carbons (Fsp3) is 0.389. The summed E-state index contributed by atoms with van der Waals surface area (Å²) in [5, 5.41) is 14.9. The lowest BCUT2D eigenvalue weighted by Crippen LogP contribution is -2.39. The average Bonchev–Trinajstić information content (AvgIpc) is 2.53. The number of nitrogens with zero attached hydrogens (tertiary/aromatic N) is 1. The molecule has 22 heavy (non-hydrogen) atoms. The van der Waals surface area contributed by atoms with Crippen molar-refractivity contribution >= 4 is 22.4 Å². The maximum atomic E-state index is 12.2. The summed E-state index contributed by atoms with van der Waals surface area (Å²) in [6, 6.07) is 14.0. The zero-order chi connectivity index (χ0) is 15.4. The van der Waals surface area contributed by atoms with Gasteiger partial charge >= 0.3 is 0 Å². The highest BCUT2D eigenvalue weighted by Crippen LogP contribution is 2.23. The first kappa shape index (κ1) is 15.0. The van der Waals surface area contributed by atoms with Gasteiger partial charge in [0, 0.05) is 30.6 Å². The molecule has 4 heteroatoms. The molecule has 1 fully saturated rings. The third kappa shape index (κ3) is 3.64. The Bertz CT molecular complexity index is 651. The van der Waals surface area contributed by atoms with Gasteiger partial charge in [-0.25, -0.2) is 0 Å². The molecule has 3 rings (SSSR count). The molecule has 1 saturated heterocycles. The molecule has 2 aromatic rings. The maximum absolute atomic E-state index is 12.2. The van der Waals surface area contributed by atoms with E-state index in [1.54, 1.807) is 0 Å². The second kappa shape index (κ2) is 6.90. The van der Waals surface area contributed by atoms with Crippen LogP contribution in [0.4, 0.5) is 5.69 Å². The minimum atomic E-state index is -0.241. The Hall–Kier alpha value is -1.91. The second-order valence-corrected chi connectivity index (χ2v) is 5.92. The number of piperidine rings is 1. The topological polar surface area (TPSA) is 52.6 Å². The molecule has 0 bridgehead atoms. The zero-order valence-electron chi connectivity index (χ0n) is 12.7.